The standard InChI is InChI=1S/C18H24N2O2/c1-5-6-11-18(3,4)14-7-9-15(10-8-14)20-17(22)16(12-19)13(2)21/h7-10,21H,5-6,11H2,1-4H3,(H,20,22). The van der Waals surface area contributed by atoms with E-state index >= 15 is 0 Å². The lowest BCUT2D eigenvalue weighted by Crippen LogP contribution is -2.18. The van der Waals surface area contributed by atoms with E-state index in [1.807, 2.05) is 24.3 Å². The molecular formula is C18H24N2O2. The van der Waals surface area contributed by atoms with Crippen molar-refractivity contribution in [1.82, 2.24) is 0 Å². The molecule has 4 nitrogen and oxygen atoms in total. The van der Waals surface area contributed by atoms with Crippen LogP contribution in [0.3, 0.4) is 0 Å². The quantitative estimate of drug-likeness (QED) is 0.463. The van der Waals surface area contributed by atoms with Gasteiger partial charge in [0.05, 0.1) is 0 Å². The van der Waals surface area contributed by atoms with Crippen LogP contribution in [0.1, 0.15) is 52.5 Å². The van der Waals surface area contributed by atoms with E-state index in [1.165, 1.54) is 25.3 Å². The van der Waals surface area contributed by atoms with E-state index in [0.717, 1.165) is 6.42 Å². The van der Waals surface area contributed by atoms with Gasteiger partial charge < -0.3 is 10.4 Å². The molecule has 0 fully saturated rings. The van der Waals surface area contributed by atoms with Gasteiger partial charge in [-0.15, -0.1) is 0 Å². The van der Waals surface area contributed by atoms with E-state index in [1.54, 1.807) is 6.07 Å². The molecule has 0 unspecified atom stereocenters. The number of hydrogen-bond donors (Lipinski definition) is 2. The SMILES string of the molecule is CCCCC(C)(C)c1ccc(NC(=O)C(C#N)=C(C)O)cc1. The van der Waals surface area contributed by atoms with E-state index in [-0.39, 0.29) is 16.7 Å². The molecule has 0 saturated carbocycles. The number of unbranched alkanes of at least 4 members (excludes halogenated alkanes) is 1. The number of anilines is 1. The van der Waals surface area contributed by atoms with Crippen molar-refractivity contribution < 1.29 is 9.90 Å². The fourth-order valence-electron chi connectivity index (χ4n) is 2.26. The molecule has 1 aromatic rings. The summed E-state index contributed by atoms with van der Waals surface area (Å²) in [5, 5.41) is 20.8. The molecular weight excluding hydrogens is 276 g/mol. The van der Waals surface area contributed by atoms with Gasteiger partial charge in [0.25, 0.3) is 5.91 Å². The third-order valence-corrected chi connectivity index (χ3v) is 3.78. The molecule has 1 rings (SSSR count). The lowest BCUT2D eigenvalue weighted by Gasteiger charge is -2.25. The minimum absolute atomic E-state index is 0.0952. The Balaban J connectivity index is 2.84. The Bertz CT molecular complexity index is 589. The monoisotopic (exact) mass is 300 g/mol. The van der Waals surface area contributed by atoms with Crippen molar-refractivity contribution in [2.24, 2.45) is 0 Å². The second kappa shape index (κ2) is 7.65. The van der Waals surface area contributed by atoms with E-state index in [4.69, 9.17) is 5.26 Å². The van der Waals surface area contributed by atoms with Gasteiger partial charge in [0.2, 0.25) is 0 Å². The average molecular weight is 300 g/mol. The zero-order valence-electron chi connectivity index (χ0n) is 13.7. The van der Waals surface area contributed by atoms with Crippen molar-refractivity contribution in [3.8, 4) is 6.07 Å². The molecule has 0 radical (unpaired) electrons. The highest BCUT2D eigenvalue weighted by molar-refractivity contribution is 6.06. The van der Waals surface area contributed by atoms with E-state index < -0.39 is 5.91 Å². The van der Waals surface area contributed by atoms with Crippen molar-refractivity contribution >= 4 is 11.6 Å². The largest absolute Gasteiger partial charge is 0.511 e. The average Bonchev–Trinajstić information content (AvgIpc) is 2.46. The summed E-state index contributed by atoms with van der Waals surface area (Å²) in [7, 11) is 0. The number of nitrogens with one attached hydrogen (secondary N) is 1. The molecule has 0 spiro atoms. The van der Waals surface area contributed by atoms with Gasteiger partial charge in [0.1, 0.15) is 11.8 Å². The van der Waals surface area contributed by atoms with E-state index in [2.05, 4.69) is 26.1 Å². The highest BCUT2D eigenvalue weighted by Crippen LogP contribution is 2.29. The summed E-state index contributed by atoms with van der Waals surface area (Å²) < 4.78 is 0. The molecule has 4 heteroatoms. The number of hydrogen-bond acceptors (Lipinski definition) is 3. The third-order valence-electron chi connectivity index (χ3n) is 3.78. The molecule has 1 aromatic carbocycles. The van der Waals surface area contributed by atoms with Crippen molar-refractivity contribution in [2.75, 3.05) is 5.32 Å². The van der Waals surface area contributed by atoms with Crippen LogP contribution in [0.2, 0.25) is 0 Å². The Morgan fingerprint density at radius 3 is 2.36 bits per heavy atom. The number of carbonyl (C=O) groups excluding carboxylic acids is 1. The normalized spacial score (nSPS) is 12.3. The number of nitrogens with zero attached hydrogens (tertiary/aromatic N) is 1. The summed E-state index contributed by atoms with van der Waals surface area (Å²) in [5.74, 6) is -0.877. The smallest absolute Gasteiger partial charge is 0.269 e. The number of allylic oxidation sites excluding steroid dienone is 1. The molecule has 0 aliphatic carbocycles. The first kappa shape index (κ1) is 17.8. The number of aliphatic hydroxyl groups is 1. The predicted octanol–water partition coefficient (Wildman–Crippen LogP) is 4.45. The van der Waals surface area contributed by atoms with Crippen molar-refractivity contribution in [3.05, 3.63) is 41.2 Å². The van der Waals surface area contributed by atoms with Crippen molar-refractivity contribution in [2.45, 2.75) is 52.4 Å². The van der Waals surface area contributed by atoms with Crippen LogP contribution in [0.4, 0.5) is 5.69 Å². The van der Waals surface area contributed by atoms with Crippen LogP contribution in [0.25, 0.3) is 0 Å². The summed E-state index contributed by atoms with van der Waals surface area (Å²) in [6, 6.07) is 9.33. The molecule has 0 saturated heterocycles. The molecule has 0 heterocycles. The summed E-state index contributed by atoms with van der Waals surface area (Å²) in [5.41, 5.74) is 1.65. The first-order valence-electron chi connectivity index (χ1n) is 7.53. The number of aliphatic hydroxyl groups excluding tert-OH is 1. The van der Waals surface area contributed by atoms with Crippen molar-refractivity contribution in [3.63, 3.8) is 0 Å². The third kappa shape index (κ3) is 4.63. The molecule has 0 aliphatic rings. The number of amides is 1. The van der Waals surface area contributed by atoms with Gasteiger partial charge in [-0.05, 0) is 36.5 Å². The van der Waals surface area contributed by atoms with Gasteiger partial charge in [0.15, 0.2) is 5.57 Å². The van der Waals surface area contributed by atoms with E-state index in [0.29, 0.717) is 5.69 Å². The minimum Gasteiger partial charge on any atom is -0.511 e. The minimum atomic E-state index is -0.597. The fourth-order valence-corrected chi connectivity index (χ4v) is 2.26. The Hall–Kier alpha value is -2.28. The number of nitriles is 1. The number of carbonyl (C=O) groups is 1. The van der Waals surface area contributed by atoms with E-state index in [9.17, 15) is 9.90 Å². The predicted molar refractivity (Wildman–Crippen MR) is 88.6 cm³/mol. The number of rotatable bonds is 6. The molecule has 0 atom stereocenters. The Labute approximate surface area is 132 Å². The topological polar surface area (TPSA) is 73.1 Å². The number of benzene rings is 1. The maximum absolute atomic E-state index is 11.9. The Morgan fingerprint density at radius 2 is 1.91 bits per heavy atom. The van der Waals surface area contributed by atoms with Gasteiger partial charge >= 0.3 is 0 Å². The molecule has 1 amide bonds. The van der Waals surface area contributed by atoms with Gasteiger partial charge in [-0.3, -0.25) is 4.79 Å². The summed E-state index contributed by atoms with van der Waals surface area (Å²) >= 11 is 0. The summed E-state index contributed by atoms with van der Waals surface area (Å²) in [6.07, 6.45) is 3.46. The maximum atomic E-state index is 11.9. The van der Waals surface area contributed by atoms with Crippen LogP contribution >= 0.6 is 0 Å². The highest BCUT2D eigenvalue weighted by Gasteiger charge is 2.20. The fraction of sp³-hybridized carbons (Fsp3) is 0.444. The van der Waals surface area contributed by atoms with Crippen LogP contribution in [0.5, 0.6) is 0 Å². The summed E-state index contributed by atoms with van der Waals surface area (Å²) in [6.45, 7) is 7.92. The summed E-state index contributed by atoms with van der Waals surface area (Å²) in [4.78, 5) is 11.9. The maximum Gasteiger partial charge on any atom is 0.269 e. The van der Waals surface area contributed by atoms with Gasteiger partial charge in [-0.1, -0.05) is 45.7 Å². The van der Waals surface area contributed by atoms with Crippen molar-refractivity contribution in [1.29, 1.82) is 5.26 Å². The molecule has 2 N–H and O–H groups in total. The molecule has 22 heavy (non-hydrogen) atoms. The lowest BCUT2D eigenvalue weighted by atomic mass is 9.80. The zero-order chi connectivity index (χ0) is 16.8. The molecule has 0 aliphatic heterocycles. The van der Waals surface area contributed by atoms with Gasteiger partial charge in [-0.2, -0.15) is 5.26 Å². The first-order chi connectivity index (χ1) is 10.3. The molecule has 0 bridgehead atoms. The second-order valence-corrected chi connectivity index (χ2v) is 6.09. The van der Waals surface area contributed by atoms with Crippen LogP contribution in [0.15, 0.2) is 35.6 Å². The second-order valence-electron chi connectivity index (χ2n) is 6.09. The zero-order valence-corrected chi connectivity index (χ0v) is 13.7. The van der Waals surface area contributed by atoms with Gasteiger partial charge in [-0.25, -0.2) is 0 Å². The van der Waals surface area contributed by atoms with Crippen LogP contribution in [-0.2, 0) is 10.2 Å². The Kier molecular flexibility index (Phi) is 6.18. The molecule has 0 aromatic heterocycles. The van der Waals surface area contributed by atoms with Crippen LogP contribution < -0.4 is 5.32 Å². The van der Waals surface area contributed by atoms with Gasteiger partial charge in [0, 0.05) is 5.69 Å². The first-order valence-corrected chi connectivity index (χ1v) is 7.53. The van der Waals surface area contributed by atoms with Crippen LogP contribution in [0, 0.1) is 11.3 Å². The Morgan fingerprint density at radius 1 is 1.32 bits per heavy atom. The lowest BCUT2D eigenvalue weighted by molar-refractivity contribution is -0.112. The molecule has 118 valence electrons. The van der Waals surface area contributed by atoms with Crippen LogP contribution in [-0.4, -0.2) is 11.0 Å². The highest BCUT2D eigenvalue weighted by atomic mass is 16.3.